The molecule has 0 saturated heterocycles. The predicted octanol–water partition coefficient (Wildman–Crippen LogP) is -0.00390. The van der Waals surface area contributed by atoms with E-state index in [0.29, 0.717) is 18.5 Å². The van der Waals surface area contributed by atoms with E-state index in [1.165, 1.54) is 0 Å². The Bertz CT molecular complexity index is 289. The topological polar surface area (TPSA) is 74.4 Å². The number of nitrogens with zero attached hydrogens (tertiary/aromatic N) is 3. The smallest absolute Gasteiger partial charge is 0.318 e. The standard InChI is InChI=1S/C9H18N4O2/c1-4-10-5-8-11-12-9(15-8)13(3)7(2)6-14/h7,10,14H,4-6H2,1-3H3. The van der Waals surface area contributed by atoms with Crippen LogP contribution in [0.2, 0.25) is 0 Å². The van der Waals surface area contributed by atoms with E-state index in [0.717, 1.165) is 6.54 Å². The van der Waals surface area contributed by atoms with Crippen LogP contribution in [0.4, 0.5) is 6.01 Å². The molecular formula is C9H18N4O2. The Morgan fingerprint density at radius 3 is 2.87 bits per heavy atom. The number of aliphatic hydroxyl groups excluding tert-OH is 1. The van der Waals surface area contributed by atoms with Gasteiger partial charge < -0.3 is 19.7 Å². The molecule has 0 amide bonds. The third kappa shape index (κ3) is 3.17. The summed E-state index contributed by atoms with van der Waals surface area (Å²) in [5, 5.41) is 19.9. The highest BCUT2D eigenvalue weighted by atomic mass is 16.4. The van der Waals surface area contributed by atoms with Gasteiger partial charge in [-0.15, -0.1) is 5.10 Å². The first-order valence-corrected chi connectivity index (χ1v) is 5.05. The summed E-state index contributed by atoms with van der Waals surface area (Å²) < 4.78 is 5.40. The SMILES string of the molecule is CCNCc1nnc(N(C)C(C)CO)o1. The third-order valence-electron chi connectivity index (χ3n) is 2.21. The molecule has 0 aliphatic rings. The minimum absolute atomic E-state index is 0.0302. The van der Waals surface area contributed by atoms with Gasteiger partial charge in [-0.05, 0) is 13.5 Å². The first kappa shape index (κ1) is 11.9. The van der Waals surface area contributed by atoms with Gasteiger partial charge in [0, 0.05) is 7.05 Å². The maximum absolute atomic E-state index is 8.97. The van der Waals surface area contributed by atoms with E-state index in [4.69, 9.17) is 9.52 Å². The summed E-state index contributed by atoms with van der Waals surface area (Å²) in [5.74, 6) is 0.559. The molecule has 0 bridgehead atoms. The molecule has 1 rings (SSSR count). The van der Waals surface area contributed by atoms with Gasteiger partial charge >= 0.3 is 6.01 Å². The van der Waals surface area contributed by atoms with Gasteiger partial charge in [0.25, 0.3) is 0 Å². The van der Waals surface area contributed by atoms with E-state index >= 15 is 0 Å². The highest BCUT2D eigenvalue weighted by Crippen LogP contribution is 2.12. The molecule has 0 radical (unpaired) electrons. The van der Waals surface area contributed by atoms with Crippen molar-refractivity contribution in [1.29, 1.82) is 0 Å². The summed E-state index contributed by atoms with van der Waals surface area (Å²) in [7, 11) is 1.81. The molecule has 0 aliphatic heterocycles. The lowest BCUT2D eigenvalue weighted by Crippen LogP contribution is -2.32. The fourth-order valence-electron chi connectivity index (χ4n) is 1.00. The van der Waals surface area contributed by atoms with E-state index in [9.17, 15) is 0 Å². The van der Waals surface area contributed by atoms with Crippen molar-refractivity contribution in [2.45, 2.75) is 26.4 Å². The number of aliphatic hydroxyl groups is 1. The lowest BCUT2D eigenvalue weighted by Gasteiger charge is -2.19. The molecule has 6 nitrogen and oxygen atoms in total. The number of hydrogen-bond donors (Lipinski definition) is 2. The molecule has 2 N–H and O–H groups in total. The Hall–Kier alpha value is -1.14. The Kier molecular flexibility index (Phi) is 4.51. The van der Waals surface area contributed by atoms with Crippen molar-refractivity contribution in [2.24, 2.45) is 0 Å². The Labute approximate surface area is 89.3 Å². The molecule has 0 aromatic carbocycles. The highest BCUT2D eigenvalue weighted by molar-refractivity contribution is 5.23. The van der Waals surface area contributed by atoms with Crippen LogP contribution >= 0.6 is 0 Å². The van der Waals surface area contributed by atoms with E-state index in [1.54, 1.807) is 4.90 Å². The first-order valence-electron chi connectivity index (χ1n) is 5.05. The summed E-state index contributed by atoms with van der Waals surface area (Å²) in [5.41, 5.74) is 0. The number of rotatable bonds is 6. The van der Waals surface area contributed by atoms with Crippen molar-refractivity contribution in [1.82, 2.24) is 15.5 Å². The van der Waals surface area contributed by atoms with E-state index in [-0.39, 0.29) is 12.6 Å². The fourth-order valence-corrected chi connectivity index (χ4v) is 1.00. The van der Waals surface area contributed by atoms with Gasteiger partial charge in [0.2, 0.25) is 5.89 Å². The zero-order valence-corrected chi connectivity index (χ0v) is 9.40. The summed E-state index contributed by atoms with van der Waals surface area (Å²) in [6.07, 6.45) is 0. The molecule has 1 aromatic rings. The molecular weight excluding hydrogens is 196 g/mol. The third-order valence-corrected chi connectivity index (χ3v) is 2.21. The number of aromatic nitrogens is 2. The minimum atomic E-state index is -0.0302. The van der Waals surface area contributed by atoms with Crippen molar-refractivity contribution in [3.05, 3.63) is 5.89 Å². The second-order valence-corrected chi connectivity index (χ2v) is 3.40. The molecule has 15 heavy (non-hydrogen) atoms. The molecule has 0 fully saturated rings. The average molecular weight is 214 g/mol. The quantitative estimate of drug-likeness (QED) is 0.694. The molecule has 0 spiro atoms. The maximum Gasteiger partial charge on any atom is 0.318 e. The Balaban J connectivity index is 2.58. The van der Waals surface area contributed by atoms with Crippen LogP contribution in [0.15, 0.2) is 4.42 Å². The highest BCUT2D eigenvalue weighted by Gasteiger charge is 2.15. The van der Waals surface area contributed by atoms with E-state index < -0.39 is 0 Å². The van der Waals surface area contributed by atoms with E-state index in [2.05, 4.69) is 15.5 Å². The summed E-state index contributed by atoms with van der Waals surface area (Å²) >= 11 is 0. The molecule has 1 unspecified atom stereocenters. The van der Waals surface area contributed by atoms with Gasteiger partial charge in [0.15, 0.2) is 0 Å². The van der Waals surface area contributed by atoms with Crippen molar-refractivity contribution in [3.63, 3.8) is 0 Å². The van der Waals surface area contributed by atoms with Crippen molar-refractivity contribution < 1.29 is 9.52 Å². The van der Waals surface area contributed by atoms with Gasteiger partial charge in [0.05, 0.1) is 19.2 Å². The lowest BCUT2D eigenvalue weighted by molar-refractivity contribution is 0.266. The molecule has 0 saturated carbocycles. The molecule has 1 atom stereocenters. The van der Waals surface area contributed by atoms with Crippen molar-refractivity contribution >= 4 is 6.01 Å². The summed E-state index contributed by atoms with van der Waals surface area (Å²) in [4.78, 5) is 1.75. The van der Waals surface area contributed by atoms with Crippen molar-refractivity contribution in [2.75, 3.05) is 25.1 Å². The number of nitrogens with one attached hydrogen (secondary N) is 1. The second kappa shape index (κ2) is 5.67. The first-order chi connectivity index (χ1) is 7.19. The number of hydrogen-bond acceptors (Lipinski definition) is 6. The maximum atomic E-state index is 8.97. The minimum Gasteiger partial charge on any atom is -0.407 e. The molecule has 1 aromatic heterocycles. The molecule has 86 valence electrons. The van der Waals surface area contributed by atoms with Gasteiger partial charge in [0.1, 0.15) is 0 Å². The summed E-state index contributed by atoms with van der Waals surface area (Å²) in [6.45, 7) is 5.39. The normalized spacial score (nSPS) is 12.8. The van der Waals surface area contributed by atoms with Crippen LogP contribution in [0.3, 0.4) is 0 Å². The molecule has 1 heterocycles. The Morgan fingerprint density at radius 2 is 2.27 bits per heavy atom. The van der Waals surface area contributed by atoms with Gasteiger partial charge in [-0.1, -0.05) is 12.0 Å². The van der Waals surface area contributed by atoms with Crippen molar-refractivity contribution in [3.8, 4) is 0 Å². The van der Waals surface area contributed by atoms with Crippen LogP contribution in [0.25, 0.3) is 0 Å². The Morgan fingerprint density at radius 1 is 1.53 bits per heavy atom. The van der Waals surface area contributed by atoms with Gasteiger partial charge in [-0.2, -0.15) is 0 Å². The second-order valence-electron chi connectivity index (χ2n) is 3.40. The fraction of sp³-hybridized carbons (Fsp3) is 0.778. The largest absolute Gasteiger partial charge is 0.407 e. The zero-order chi connectivity index (χ0) is 11.3. The van der Waals surface area contributed by atoms with Crippen LogP contribution in [0, 0.1) is 0 Å². The average Bonchev–Trinajstić information content (AvgIpc) is 2.72. The van der Waals surface area contributed by atoms with Crippen LogP contribution in [0.5, 0.6) is 0 Å². The molecule has 6 heteroatoms. The molecule has 0 aliphatic carbocycles. The predicted molar refractivity (Wildman–Crippen MR) is 56.6 cm³/mol. The van der Waals surface area contributed by atoms with Crippen LogP contribution < -0.4 is 10.2 Å². The lowest BCUT2D eigenvalue weighted by atomic mass is 10.3. The van der Waals surface area contributed by atoms with Gasteiger partial charge in [-0.3, -0.25) is 0 Å². The summed E-state index contributed by atoms with van der Waals surface area (Å²) in [6, 6.07) is 0.405. The van der Waals surface area contributed by atoms with Crippen LogP contribution in [0.1, 0.15) is 19.7 Å². The number of anilines is 1. The monoisotopic (exact) mass is 214 g/mol. The van der Waals surface area contributed by atoms with Crippen LogP contribution in [-0.4, -0.2) is 41.5 Å². The zero-order valence-electron chi connectivity index (χ0n) is 9.40. The van der Waals surface area contributed by atoms with Crippen LogP contribution in [-0.2, 0) is 6.54 Å². The number of likely N-dealkylation sites (N-methyl/N-ethyl adjacent to an activating group) is 1. The van der Waals surface area contributed by atoms with E-state index in [1.807, 2.05) is 20.9 Å². The van der Waals surface area contributed by atoms with Gasteiger partial charge in [-0.25, -0.2) is 0 Å².